The summed E-state index contributed by atoms with van der Waals surface area (Å²) in [7, 11) is 0. The van der Waals surface area contributed by atoms with Crippen molar-refractivity contribution in [1.29, 1.82) is 0 Å². The molecule has 0 aliphatic heterocycles. The fourth-order valence-corrected chi connectivity index (χ4v) is 1.66. The number of anilines is 1. The molecule has 1 heterocycles. The van der Waals surface area contributed by atoms with Gasteiger partial charge in [-0.2, -0.15) is 5.10 Å². The molecule has 1 aromatic heterocycles. The number of aliphatic hydroxyl groups excluding tert-OH is 1. The Hall–Kier alpha value is -1.23. The van der Waals surface area contributed by atoms with Gasteiger partial charge in [0.2, 0.25) is 5.95 Å². The first-order valence-corrected chi connectivity index (χ1v) is 6.35. The molecule has 0 amide bonds. The molecule has 5 nitrogen and oxygen atoms in total. The maximum absolute atomic E-state index is 9.60. The second-order valence-electron chi connectivity index (χ2n) is 4.06. The highest BCUT2D eigenvalue weighted by molar-refractivity contribution is 5.25. The third-order valence-corrected chi connectivity index (χ3v) is 2.63. The summed E-state index contributed by atoms with van der Waals surface area (Å²) in [5.74, 6) is 0.509. The minimum atomic E-state index is -0.348. The van der Waals surface area contributed by atoms with Gasteiger partial charge in [-0.05, 0) is 19.3 Å². The summed E-state index contributed by atoms with van der Waals surface area (Å²) < 4.78 is 0. The maximum atomic E-state index is 9.60. The number of hydrogen-bond acceptors (Lipinski definition) is 5. The number of nitrogens with one attached hydrogen (secondary N) is 1. The summed E-state index contributed by atoms with van der Waals surface area (Å²) >= 11 is 0. The average Bonchev–Trinajstić information content (AvgIpc) is 2.36. The van der Waals surface area contributed by atoms with Gasteiger partial charge in [0.05, 0.1) is 17.5 Å². The minimum absolute atomic E-state index is 0.348. The molecule has 0 radical (unpaired) electrons. The largest absolute Gasteiger partial charge is 0.391 e. The van der Waals surface area contributed by atoms with E-state index >= 15 is 0 Å². The van der Waals surface area contributed by atoms with Crippen molar-refractivity contribution in [2.75, 3.05) is 11.9 Å². The second-order valence-corrected chi connectivity index (χ2v) is 4.06. The molecule has 17 heavy (non-hydrogen) atoms. The third kappa shape index (κ3) is 4.26. The van der Waals surface area contributed by atoms with Crippen molar-refractivity contribution in [3.8, 4) is 0 Å². The molecule has 0 saturated carbocycles. The zero-order chi connectivity index (χ0) is 12.7. The van der Waals surface area contributed by atoms with Gasteiger partial charge >= 0.3 is 0 Å². The molecule has 0 bridgehead atoms. The molecular formula is C12H22N4O. The van der Waals surface area contributed by atoms with Crippen LogP contribution in [0.1, 0.15) is 45.0 Å². The normalized spacial score (nSPS) is 12.5. The van der Waals surface area contributed by atoms with E-state index in [1.807, 2.05) is 13.8 Å². The number of rotatable bonds is 7. The van der Waals surface area contributed by atoms with Crippen LogP contribution in [0.25, 0.3) is 0 Å². The fraction of sp³-hybridized carbons (Fsp3) is 0.750. The van der Waals surface area contributed by atoms with Gasteiger partial charge in [0.25, 0.3) is 0 Å². The zero-order valence-electron chi connectivity index (χ0n) is 10.9. The molecule has 5 heteroatoms. The van der Waals surface area contributed by atoms with Crippen LogP contribution in [0, 0.1) is 0 Å². The zero-order valence-corrected chi connectivity index (χ0v) is 10.9. The van der Waals surface area contributed by atoms with Crippen molar-refractivity contribution in [3.05, 3.63) is 11.4 Å². The average molecular weight is 238 g/mol. The van der Waals surface area contributed by atoms with E-state index in [4.69, 9.17) is 0 Å². The highest BCUT2D eigenvalue weighted by Gasteiger charge is 2.07. The Morgan fingerprint density at radius 3 is 2.41 bits per heavy atom. The van der Waals surface area contributed by atoms with Crippen LogP contribution in [0.4, 0.5) is 5.95 Å². The summed E-state index contributed by atoms with van der Waals surface area (Å²) in [5.41, 5.74) is 1.93. The monoisotopic (exact) mass is 238 g/mol. The Bertz CT molecular complexity index is 343. The van der Waals surface area contributed by atoms with Gasteiger partial charge in [0.1, 0.15) is 0 Å². The molecule has 0 aliphatic rings. The first-order chi connectivity index (χ1) is 8.21. The van der Waals surface area contributed by atoms with Crippen LogP contribution in [0.2, 0.25) is 0 Å². The summed E-state index contributed by atoms with van der Waals surface area (Å²) in [6, 6.07) is 0. The Morgan fingerprint density at radius 1 is 1.12 bits per heavy atom. The topological polar surface area (TPSA) is 70.9 Å². The minimum Gasteiger partial charge on any atom is -0.391 e. The van der Waals surface area contributed by atoms with Crippen LogP contribution in [-0.2, 0) is 12.8 Å². The number of aliphatic hydroxyl groups is 1. The number of aryl methyl sites for hydroxylation is 2. The fourth-order valence-electron chi connectivity index (χ4n) is 1.66. The van der Waals surface area contributed by atoms with E-state index in [0.29, 0.717) is 12.5 Å². The van der Waals surface area contributed by atoms with Crippen LogP contribution < -0.4 is 5.32 Å². The number of hydrogen-bond donors (Lipinski definition) is 2. The molecule has 1 rings (SSSR count). The quantitative estimate of drug-likeness (QED) is 0.754. The number of aromatic nitrogens is 3. The molecule has 1 aromatic rings. The van der Waals surface area contributed by atoms with Crippen molar-refractivity contribution in [2.24, 2.45) is 0 Å². The molecule has 2 N–H and O–H groups in total. The molecule has 0 spiro atoms. The molecule has 0 fully saturated rings. The summed E-state index contributed by atoms with van der Waals surface area (Å²) in [5, 5.41) is 20.8. The lowest BCUT2D eigenvalue weighted by Gasteiger charge is -2.11. The first-order valence-electron chi connectivity index (χ1n) is 6.35. The van der Waals surface area contributed by atoms with Crippen LogP contribution in [0.3, 0.4) is 0 Å². The molecule has 0 saturated heterocycles. The van der Waals surface area contributed by atoms with Gasteiger partial charge < -0.3 is 10.4 Å². The van der Waals surface area contributed by atoms with Crippen molar-refractivity contribution in [1.82, 2.24) is 15.2 Å². The predicted molar refractivity (Wildman–Crippen MR) is 68.0 cm³/mol. The van der Waals surface area contributed by atoms with Crippen molar-refractivity contribution >= 4 is 5.95 Å². The maximum Gasteiger partial charge on any atom is 0.243 e. The predicted octanol–water partition coefficient (Wildman–Crippen LogP) is 1.57. The second kappa shape index (κ2) is 7.17. The standard InChI is InChI=1S/C12H22N4O/c1-4-7-9(17)8-13-12-14-10(5-2)11(6-3)15-16-12/h9,17H,4-8H2,1-3H3,(H,13,14,16). The van der Waals surface area contributed by atoms with Crippen LogP contribution >= 0.6 is 0 Å². The Balaban J connectivity index is 2.60. The molecule has 1 unspecified atom stereocenters. The Labute approximate surface area is 103 Å². The van der Waals surface area contributed by atoms with E-state index in [-0.39, 0.29) is 6.10 Å². The highest BCUT2D eigenvalue weighted by Crippen LogP contribution is 2.07. The van der Waals surface area contributed by atoms with E-state index in [9.17, 15) is 5.11 Å². The summed E-state index contributed by atoms with van der Waals surface area (Å²) in [6.45, 7) is 6.62. The van der Waals surface area contributed by atoms with E-state index in [0.717, 1.165) is 37.1 Å². The lowest BCUT2D eigenvalue weighted by atomic mass is 10.2. The van der Waals surface area contributed by atoms with Gasteiger partial charge in [-0.1, -0.05) is 27.2 Å². The molecular weight excluding hydrogens is 216 g/mol. The summed E-state index contributed by atoms with van der Waals surface area (Å²) in [4.78, 5) is 4.40. The van der Waals surface area contributed by atoms with E-state index in [1.165, 1.54) is 0 Å². The number of nitrogens with zero attached hydrogens (tertiary/aromatic N) is 3. The van der Waals surface area contributed by atoms with Gasteiger partial charge in [-0.25, -0.2) is 4.98 Å². The van der Waals surface area contributed by atoms with Crippen LogP contribution in [0.15, 0.2) is 0 Å². The van der Waals surface area contributed by atoms with Gasteiger partial charge in [-0.15, -0.1) is 5.10 Å². The van der Waals surface area contributed by atoms with Gasteiger partial charge in [0.15, 0.2) is 0 Å². The van der Waals surface area contributed by atoms with Gasteiger partial charge in [0, 0.05) is 6.54 Å². The Morgan fingerprint density at radius 2 is 1.82 bits per heavy atom. The third-order valence-electron chi connectivity index (χ3n) is 2.63. The smallest absolute Gasteiger partial charge is 0.243 e. The van der Waals surface area contributed by atoms with Crippen LogP contribution in [-0.4, -0.2) is 32.9 Å². The van der Waals surface area contributed by atoms with Gasteiger partial charge in [-0.3, -0.25) is 0 Å². The van der Waals surface area contributed by atoms with E-state index in [2.05, 4.69) is 27.4 Å². The molecule has 0 aliphatic carbocycles. The Kier molecular flexibility index (Phi) is 5.83. The first kappa shape index (κ1) is 13.8. The van der Waals surface area contributed by atoms with Crippen molar-refractivity contribution < 1.29 is 5.11 Å². The molecule has 96 valence electrons. The highest BCUT2D eigenvalue weighted by atomic mass is 16.3. The van der Waals surface area contributed by atoms with Crippen LogP contribution in [0.5, 0.6) is 0 Å². The lowest BCUT2D eigenvalue weighted by Crippen LogP contribution is -2.21. The van der Waals surface area contributed by atoms with Crippen molar-refractivity contribution in [3.63, 3.8) is 0 Å². The molecule has 1 atom stereocenters. The lowest BCUT2D eigenvalue weighted by molar-refractivity contribution is 0.176. The van der Waals surface area contributed by atoms with E-state index < -0.39 is 0 Å². The molecule has 0 aromatic carbocycles. The SMILES string of the molecule is CCCC(O)CNc1nnc(CC)c(CC)n1. The van der Waals surface area contributed by atoms with Crippen molar-refractivity contribution in [2.45, 2.75) is 52.6 Å². The summed E-state index contributed by atoms with van der Waals surface area (Å²) in [6.07, 6.45) is 3.11. The van der Waals surface area contributed by atoms with E-state index in [1.54, 1.807) is 0 Å².